The lowest BCUT2D eigenvalue weighted by atomic mass is 10.1. The Morgan fingerprint density at radius 1 is 1.35 bits per heavy atom. The summed E-state index contributed by atoms with van der Waals surface area (Å²) in [5, 5.41) is 12.5. The molecular weight excluding hydrogens is 252 g/mol. The molecule has 4 nitrogen and oxygen atoms in total. The maximum atomic E-state index is 11.1. The molecule has 0 heterocycles. The third kappa shape index (κ3) is 4.76. The van der Waals surface area contributed by atoms with Gasteiger partial charge >= 0.3 is 5.97 Å². The Labute approximate surface area is 121 Å². The zero-order valence-corrected chi connectivity index (χ0v) is 12.7. The second kappa shape index (κ2) is 7.78. The molecule has 0 amide bonds. The number of nitrogen functional groups attached to an aromatic ring is 1. The van der Waals surface area contributed by atoms with E-state index in [-0.39, 0.29) is 5.56 Å². The second-order valence-corrected chi connectivity index (χ2v) is 5.45. The number of aromatic carboxylic acids is 1. The highest BCUT2D eigenvalue weighted by Crippen LogP contribution is 2.24. The molecule has 0 fully saturated rings. The monoisotopic (exact) mass is 278 g/mol. The molecule has 0 aromatic heterocycles. The molecule has 0 aliphatic carbocycles. The van der Waals surface area contributed by atoms with Gasteiger partial charge in [0.25, 0.3) is 0 Å². The van der Waals surface area contributed by atoms with Crippen molar-refractivity contribution < 1.29 is 9.90 Å². The van der Waals surface area contributed by atoms with Gasteiger partial charge in [-0.15, -0.1) is 0 Å². The minimum absolute atomic E-state index is 0.172. The molecular formula is C16H26N2O2. The molecule has 0 aliphatic rings. The number of hydrogen-bond acceptors (Lipinski definition) is 3. The summed E-state index contributed by atoms with van der Waals surface area (Å²) in [4.78, 5) is 11.1. The molecule has 1 rings (SSSR count). The molecule has 1 atom stereocenters. The van der Waals surface area contributed by atoms with Crippen LogP contribution in [0.2, 0.25) is 0 Å². The fourth-order valence-electron chi connectivity index (χ4n) is 2.29. The van der Waals surface area contributed by atoms with Crippen LogP contribution in [0, 0.1) is 6.92 Å². The van der Waals surface area contributed by atoms with E-state index in [0.29, 0.717) is 11.7 Å². The van der Waals surface area contributed by atoms with Crippen molar-refractivity contribution in [2.45, 2.75) is 58.9 Å². The fourth-order valence-corrected chi connectivity index (χ4v) is 2.29. The van der Waals surface area contributed by atoms with Gasteiger partial charge in [0.15, 0.2) is 0 Å². The summed E-state index contributed by atoms with van der Waals surface area (Å²) in [6.07, 6.45) is 6.05. The van der Waals surface area contributed by atoms with E-state index in [1.54, 1.807) is 6.07 Å². The average molecular weight is 278 g/mol. The summed E-state index contributed by atoms with van der Waals surface area (Å²) >= 11 is 0. The topological polar surface area (TPSA) is 75.3 Å². The third-order valence-electron chi connectivity index (χ3n) is 3.52. The standard InChI is InChI=1S/C16H26N2O2/c1-4-5-6-7-8-12(3)18-13-9-11(2)15(17)14(10-13)16(19)20/h9-10,12,18H,4-8,17H2,1-3H3,(H,19,20). The van der Waals surface area contributed by atoms with Crippen LogP contribution in [0.1, 0.15) is 61.9 Å². The van der Waals surface area contributed by atoms with Crippen LogP contribution < -0.4 is 11.1 Å². The summed E-state index contributed by atoms with van der Waals surface area (Å²) in [6, 6.07) is 3.86. The minimum Gasteiger partial charge on any atom is -0.478 e. The first-order valence-corrected chi connectivity index (χ1v) is 7.35. The zero-order chi connectivity index (χ0) is 15.1. The molecule has 0 saturated heterocycles. The van der Waals surface area contributed by atoms with Gasteiger partial charge in [-0.3, -0.25) is 0 Å². The zero-order valence-electron chi connectivity index (χ0n) is 12.7. The van der Waals surface area contributed by atoms with Crippen molar-refractivity contribution in [1.82, 2.24) is 0 Å². The maximum absolute atomic E-state index is 11.1. The summed E-state index contributed by atoms with van der Waals surface area (Å²) in [5.74, 6) is -0.982. The van der Waals surface area contributed by atoms with E-state index in [1.165, 1.54) is 25.7 Å². The van der Waals surface area contributed by atoms with E-state index in [9.17, 15) is 4.79 Å². The SMILES string of the molecule is CCCCCCC(C)Nc1cc(C)c(N)c(C(=O)O)c1. The van der Waals surface area contributed by atoms with Crippen molar-refractivity contribution in [3.05, 3.63) is 23.3 Å². The lowest BCUT2D eigenvalue weighted by Gasteiger charge is -2.17. The number of benzene rings is 1. The number of carboxylic acid groups (broad SMARTS) is 1. The summed E-state index contributed by atoms with van der Waals surface area (Å²) in [7, 11) is 0. The van der Waals surface area contributed by atoms with E-state index in [2.05, 4.69) is 19.2 Å². The highest BCUT2D eigenvalue weighted by atomic mass is 16.4. The average Bonchev–Trinajstić information content (AvgIpc) is 2.38. The fraction of sp³-hybridized carbons (Fsp3) is 0.562. The summed E-state index contributed by atoms with van der Waals surface area (Å²) in [5.41, 5.74) is 7.93. The van der Waals surface area contributed by atoms with E-state index in [1.807, 2.05) is 13.0 Å². The van der Waals surface area contributed by atoms with Gasteiger partial charge in [0.05, 0.1) is 5.56 Å². The van der Waals surface area contributed by atoms with Gasteiger partial charge < -0.3 is 16.2 Å². The molecule has 1 unspecified atom stereocenters. The molecule has 4 heteroatoms. The number of rotatable bonds is 8. The molecule has 20 heavy (non-hydrogen) atoms. The van der Waals surface area contributed by atoms with Crippen LogP contribution in [0.3, 0.4) is 0 Å². The summed E-state index contributed by atoms with van der Waals surface area (Å²) in [6.45, 7) is 6.16. The number of anilines is 2. The Kier molecular flexibility index (Phi) is 6.36. The molecule has 0 bridgehead atoms. The Balaban J connectivity index is 2.65. The van der Waals surface area contributed by atoms with Crippen LogP contribution in [0.15, 0.2) is 12.1 Å². The molecule has 1 aromatic rings. The number of unbranched alkanes of at least 4 members (excludes halogenated alkanes) is 3. The van der Waals surface area contributed by atoms with Crippen LogP contribution in [0.5, 0.6) is 0 Å². The Hall–Kier alpha value is -1.71. The van der Waals surface area contributed by atoms with Crippen molar-refractivity contribution in [1.29, 1.82) is 0 Å². The second-order valence-electron chi connectivity index (χ2n) is 5.45. The van der Waals surface area contributed by atoms with Gasteiger partial charge in [-0.1, -0.05) is 32.6 Å². The van der Waals surface area contributed by atoms with Crippen molar-refractivity contribution in [2.24, 2.45) is 0 Å². The largest absolute Gasteiger partial charge is 0.478 e. The first kappa shape index (κ1) is 16.3. The first-order chi connectivity index (χ1) is 9.45. The molecule has 0 radical (unpaired) electrons. The maximum Gasteiger partial charge on any atom is 0.337 e. The quantitative estimate of drug-likeness (QED) is 0.495. The van der Waals surface area contributed by atoms with Gasteiger partial charge in [-0.05, 0) is 38.0 Å². The molecule has 0 spiro atoms. The van der Waals surface area contributed by atoms with Crippen LogP contribution >= 0.6 is 0 Å². The van der Waals surface area contributed by atoms with Crippen molar-refractivity contribution in [2.75, 3.05) is 11.1 Å². The number of carbonyl (C=O) groups is 1. The number of carboxylic acids is 1. The lowest BCUT2D eigenvalue weighted by molar-refractivity contribution is 0.0698. The Bertz CT molecular complexity index is 458. The Morgan fingerprint density at radius 2 is 2.05 bits per heavy atom. The molecule has 4 N–H and O–H groups in total. The predicted octanol–water partition coefficient (Wildman–Crippen LogP) is 4.05. The number of aryl methyl sites for hydroxylation is 1. The summed E-state index contributed by atoms with van der Waals surface area (Å²) < 4.78 is 0. The van der Waals surface area contributed by atoms with Crippen LogP contribution in [0.25, 0.3) is 0 Å². The molecule has 112 valence electrons. The highest BCUT2D eigenvalue weighted by molar-refractivity contribution is 5.95. The predicted molar refractivity (Wildman–Crippen MR) is 84.4 cm³/mol. The van der Waals surface area contributed by atoms with Crippen molar-refractivity contribution in [3.63, 3.8) is 0 Å². The van der Waals surface area contributed by atoms with Crippen molar-refractivity contribution in [3.8, 4) is 0 Å². The molecule has 0 aliphatic heterocycles. The normalized spacial score (nSPS) is 12.2. The Morgan fingerprint density at radius 3 is 2.65 bits per heavy atom. The van der Waals surface area contributed by atoms with Gasteiger partial charge in [-0.25, -0.2) is 4.79 Å². The van der Waals surface area contributed by atoms with E-state index in [4.69, 9.17) is 10.8 Å². The smallest absolute Gasteiger partial charge is 0.337 e. The van der Waals surface area contributed by atoms with Crippen LogP contribution in [-0.2, 0) is 0 Å². The number of hydrogen-bond donors (Lipinski definition) is 3. The van der Waals surface area contributed by atoms with E-state index >= 15 is 0 Å². The van der Waals surface area contributed by atoms with Gasteiger partial charge in [-0.2, -0.15) is 0 Å². The highest BCUT2D eigenvalue weighted by Gasteiger charge is 2.12. The van der Waals surface area contributed by atoms with Crippen LogP contribution in [-0.4, -0.2) is 17.1 Å². The van der Waals surface area contributed by atoms with Gasteiger partial charge in [0.1, 0.15) is 0 Å². The third-order valence-corrected chi connectivity index (χ3v) is 3.52. The minimum atomic E-state index is -0.982. The van der Waals surface area contributed by atoms with E-state index in [0.717, 1.165) is 17.7 Å². The lowest BCUT2D eigenvalue weighted by Crippen LogP contribution is -2.16. The van der Waals surface area contributed by atoms with Crippen molar-refractivity contribution >= 4 is 17.3 Å². The molecule has 0 saturated carbocycles. The molecule has 1 aromatic carbocycles. The van der Waals surface area contributed by atoms with Gasteiger partial charge in [0.2, 0.25) is 0 Å². The number of nitrogens with two attached hydrogens (primary N) is 1. The number of nitrogens with one attached hydrogen (secondary N) is 1. The van der Waals surface area contributed by atoms with Crippen LogP contribution in [0.4, 0.5) is 11.4 Å². The first-order valence-electron chi connectivity index (χ1n) is 7.35. The van der Waals surface area contributed by atoms with Gasteiger partial charge in [0, 0.05) is 17.4 Å². The van der Waals surface area contributed by atoms with E-state index < -0.39 is 5.97 Å².